The second-order valence-corrected chi connectivity index (χ2v) is 18.8. The molecule has 0 radical (unpaired) electrons. The fourth-order valence-electron chi connectivity index (χ4n) is 10.4. The van der Waals surface area contributed by atoms with E-state index in [2.05, 4.69) is 50.5 Å². The summed E-state index contributed by atoms with van der Waals surface area (Å²) in [6.07, 6.45) is 11.3. The molecule has 1 amide bonds. The normalized spacial score (nSPS) is 18.0. The number of hydrogen-bond donors (Lipinski definition) is 3. The van der Waals surface area contributed by atoms with Crippen molar-refractivity contribution in [2.75, 3.05) is 135 Å². The monoisotopic (exact) mass is 976 g/mol. The van der Waals surface area contributed by atoms with Crippen molar-refractivity contribution in [3.63, 3.8) is 0 Å². The summed E-state index contributed by atoms with van der Waals surface area (Å²) >= 11 is 0. The molecule has 15 nitrogen and oxygen atoms in total. The Morgan fingerprint density at radius 3 is 1.49 bits per heavy atom. The number of halogens is 4. The zero-order valence-electron chi connectivity index (χ0n) is 40.3. The highest BCUT2D eigenvalue weighted by molar-refractivity contribution is 5.99. The first-order valence-electron chi connectivity index (χ1n) is 24.8. The summed E-state index contributed by atoms with van der Waals surface area (Å²) in [5.74, 6) is -0.795. The number of anilines is 8. The number of benzene rings is 2. The topological polar surface area (TPSA) is 139 Å². The predicted octanol–water partition coefficient (Wildman–Crippen LogP) is 7.84. The number of nitrogens with one attached hydrogen (secondary N) is 3. The van der Waals surface area contributed by atoms with Crippen molar-refractivity contribution >= 4 is 73.5 Å². The molecule has 0 unspecified atom stereocenters. The molecule has 19 heteroatoms. The number of pyridine rings is 4. The number of piperazine rings is 2. The van der Waals surface area contributed by atoms with Gasteiger partial charge in [0, 0.05) is 120 Å². The number of nitrogens with zero attached hydrogens (tertiary/aromatic N) is 9. The average molecular weight is 977 g/mol. The van der Waals surface area contributed by atoms with Crippen LogP contribution in [0.3, 0.4) is 0 Å². The Bertz CT molecular complexity index is 2880. The van der Waals surface area contributed by atoms with E-state index in [1.54, 1.807) is 12.4 Å². The molecule has 0 bridgehead atoms. The maximum Gasteiger partial charge on any atom is 0.225 e. The van der Waals surface area contributed by atoms with Crippen molar-refractivity contribution in [1.29, 1.82) is 0 Å². The average Bonchev–Trinajstić information content (AvgIpc) is 3.94. The molecule has 6 aromatic rings. The van der Waals surface area contributed by atoms with Crippen LogP contribution in [-0.2, 0) is 14.3 Å². The number of hydrogen-bond acceptors (Lipinski definition) is 14. The quantitative estimate of drug-likeness (QED) is 0.121. The van der Waals surface area contributed by atoms with Crippen LogP contribution in [0.4, 0.5) is 63.3 Å². The summed E-state index contributed by atoms with van der Waals surface area (Å²) < 4.78 is 69.4. The van der Waals surface area contributed by atoms with Gasteiger partial charge in [-0.15, -0.1) is 0 Å². The highest BCUT2D eigenvalue weighted by Gasteiger charge is 2.31. The van der Waals surface area contributed by atoms with E-state index in [-0.39, 0.29) is 28.1 Å². The Balaban J connectivity index is 0.000000167. The van der Waals surface area contributed by atoms with Gasteiger partial charge in [0.15, 0.2) is 0 Å². The lowest BCUT2D eigenvalue weighted by atomic mass is 10.1. The Hall–Kier alpha value is -6.57. The molecule has 2 aromatic carbocycles. The van der Waals surface area contributed by atoms with Crippen LogP contribution in [0.1, 0.15) is 36.8 Å². The fraction of sp³-hybridized carbons (Fsp3) is 0.442. The van der Waals surface area contributed by atoms with Gasteiger partial charge >= 0.3 is 0 Å². The summed E-state index contributed by atoms with van der Waals surface area (Å²) in [6.45, 7) is 15.3. The highest BCUT2D eigenvalue weighted by atomic mass is 19.1. The van der Waals surface area contributed by atoms with Crippen LogP contribution in [0.5, 0.6) is 0 Å². The second kappa shape index (κ2) is 21.4. The number of carbonyl (C=O) groups excluding carboxylic acids is 1. The molecule has 4 aromatic heterocycles. The van der Waals surface area contributed by atoms with E-state index in [1.165, 1.54) is 12.1 Å². The number of rotatable bonds is 9. The molecule has 0 spiro atoms. The summed E-state index contributed by atoms with van der Waals surface area (Å²) in [6, 6.07) is 8.34. The molecule has 4 saturated heterocycles. The van der Waals surface area contributed by atoms with E-state index in [9.17, 15) is 18.0 Å². The molecular formula is C52H60F4N12O3. The van der Waals surface area contributed by atoms with Gasteiger partial charge in [0.1, 0.15) is 34.9 Å². The lowest BCUT2D eigenvalue weighted by Gasteiger charge is -2.37. The number of ether oxygens (including phenoxy) is 2. The zero-order chi connectivity index (χ0) is 49.0. The van der Waals surface area contributed by atoms with Gasteiger partial charge in [0.2, 0.25) is 5.91 Å². The molecule has 0 atom stereocenters. The van der Waals surface area contributed by atoms with Crippen LogP contribution in [-0.4, -0.2) is 136 Å². The van der Waals surface area contributed by atoms with E-state index in [0.29, 0.717) is 81.0 Å². The van der Waals surface area contributed by atoms with Crippen LogP contribution in [0.2, 0.25) is 0 Å². The third-order valence-corrected chi connectivity index (χ3v) is 14.2. The molecule has 1 aliphatic carbocycles. The molecular weight excluding hydrogens is 917 g/mol. The molecule has 4 aliphatic heterocycles. The van der Waals surface area contributed by atoms with Crippen LogP contribution in [0, 0.1) is 43.0 Å². The molecule has 5 aliphatic rings. The van der Waals surface area contributed by atoms with Crippen LogP contribution in [0.15, 0.2) is 61.2 Å². The molecule has 8 heterocycles. The molecule has 11 rings (SSSR count). The summed E-state index contributed by atoms with van der Waals surface area (Å²) in [5, 5.41) is 10.6. The largest absolute Gasteiger partial charge is 0.378 e. The number of fused-ring (bicyclic) bond motifs is 2. The van der Waals surface area contributed by atoms with Crippen LogP contribution >= 0.6 is 0 Å². The minimum Gasteiger partial charge on any atom is -0.378 e. The fourth-order valence-corrected chi connectivity index (χ4v) is 10.4. The minimum atomic E-state index is -0.670. The maximum atomic E-state index is 15.2. The molecule has 5 fully saturated rings. The van der Waals surface area contributed by atoms with Gasteiger partial charge in [-0.2, -0.15) is 0 Å². The Morgan fingerprint density at radius 1 is 0.577 bits per heavy atom. The van der Waals surface area contributed by atoms with Gasteiger partial charge in [-0.05, 0) is 38.8 Å². The van der Waals surface area contributed by atoms with Gasteiger partial charge in [-0.1, -0.05) is 12.8 Å². The number of aromatic nitrogens is 4. The highest BCUT2D eigenvalue weighted by Crippen LogP contribution is 2.39. The van der Waals surface area contributed by atoms with Crippen molar-refractivity contribution in [3.05, 3.63) is 95.6 Å². The van der Waals surface area contributed by atoms with Crippen molar-refractivity contribution in [2.24, 2.45) is 5.92 Å². The first-order chi connectivity index (χ1) is 34.6. The predicted molar refractivity (Wildman–Crippen MR) is 270 cm³/mol. The summed E-state index contributed by atoms with van der Waals surface area (Å²) in [7, 11) is 0. The van der Waals surface area contributed by atoms with Crippen molar-refractivity contribution in [3.8, 4) is 0 Å². The molecule has 3 N–H and O–H groups in total. The third kappa shape index (κ3) is 10.6. The molecule has 374 valence electrons. The lowest BCUT2D eigenvalue weighted by Crippen LogP contribution is -2.50. The van der Waals surface area contributed by atoms with E-state index in [1.807, 2.05) is 43.3 Å². The van der Waals surface area contributed by atoms with Crippen molar-refractivity contribution in [2.45, 2.75) is 39.5 Å². The van der Waals surface area contributed by atoms with Gasteiger partial charge in [-0.3, -0.25) is 14.8 Å². The molecule has 71 heavy (non-hydrogen) atoms. The standard InChI is InChI=1S/C29H34F2N6O2.C23H26F2N6O/c1-19-27(33-22-16-23(18-32-17-22)35-10-12-39-13-11-35)26-24(31)14-21(30)15-25(26)34-28(19)36-6-8-37(9-7-36)29(38)20-4-2-3-5-20;1-15-22(28-17-12-18(14-27-13-17)30-6-8-32-9-7-30)21-19(25)10-16(24)11-20(21)29-23(15)31-4-2-26-3-5-31/h14-18,20H,2-13H2,1H3,(H,33,34);10-14,26H,2-9H2,1H3,(H,28,29). The number of carbonyl (C=O) groups is 1. The van der Waals surface area contributed by atoms with E-state index in [4.69, 9.17) is 14.5 Å². The van der Waals surface area contributed by atoms with E-state index >= 15 is 4.39 Å². The van der Waals surface area contributed by atoms with Gasteiger partial charge in [0.05, 0.1) is 107 Å². The van der Waals surface area contributed by atoms with E-state index < -0.39 is 23.3 Å². The van der Waals surface area contributed by atoms with Crippen molar-refractivity contribution in [1.82, 2.24) is 30.2 Å². The maximum absolute atomic E-state index is 15.2. The van der Waals surface area contributed by atoms with Crippen molar-refractivity contribution < 1.29 is 31.8 Å². The second-order valence-electron chi connectivity index (χ2n) is 18.8. The first-order valence-corrected chi connectivity index (χ1v) is 24.8. The summed E-state index contributed by atoms with van der Waals surface area (Å²) in [5.41, 5.74) is 6.62. The Kier molecular flexibility index (Phi) is 14.5. The van der Waals surface area contributed by atoms with Gasteiger partial charge in [0.25, 0.3) is 0 Å². The Morgan fingerprint density at radius 2 is 1.03 bits per heavy atom. The van der Waals surface area contributed by atoms with E-state index in [0.717, 1.165) is 124 Å². The third-order valence-electron chi connectivity index (χ3n) is 14.2. The van der Waals surface area contributed by atoms with Crippen LogP contribution < -0.4 is 35.6 Å². The smallest absolute Gasteiger partial charge is 0.225 e. The number of amides is 1. The minimum absolute atomic E-state index is 0.153. The first kappa shape index (κ1) is 48.1. The number of morpholine rings is 2. The van der Waals surface area contributed by atoms with Gasteiger partial charge < -0.3 is 49.9 Å². The van der Waals surface area contributed by atoms with Crippen LogP contribution in [0.25, 0.3) is 21.8 Å². The zero-order valence-corrected chi connectivity index (χ0v) is 40.3. The SMILES string of the molecule is Cc1c(N2CCN(C(=O)C3CCCC3)CC2)nc2cc(F)cc(F)c2c1Nc1cncc(N2CCOCC2)c1.Cc1c(N2CCNCC2)nc2cc(F)cc(F)c2c1Nc1cncc(N2CCOCC2)c1. The Labute approximate surface area is 410 Å². The lowest BCUT2D eigenvalue weighted by molar-refractivity contribution is -0.135. The molecule has 1 saturated carbocycles. The van der Waals surface area contributed by atoms with Gasteiger partial charge in [-0.25, -0.2) is 27.5 Å². The summed E-state index contributed by atoms with van der Waals surface area (Å²) in [4.78, 5) is 41.8.